The fourth-order valence-electron chi connectivity index (χ4n) is 3.91. The standard InChI is InChI=1S/C21H26N3O10P/c1-20(2,18(27)28)23-35(30,34-13-6-4-3-5-7-13)32-12-14-16(26)21(9-11-31-21)17(33-14)24-15(25)8-10-22-19(24)29/h3-8,10,14,16-17,26H,9,11-12H2,1-2H3,(H,22,29)(H,23,30)(H,27,28)/t14-,16-,17-,21-,35?/m1/s1. The van der Waals surface area contributed by atoms with Crippen molar-refractivity contribution < 1.29 is 38.1 Å². The van der Waals surface area contributed by atoms with Crippen molar-refractivity contribution in [3.63, 3.8) is 0 Å². The largest absolute Gasteiger partial charge is 0.480 e. The lowest BCUT2D eigenvalue weighted by atomic mass is 9.86. The highest BCUT2D eigenvalue weighted by Gasteiger charge is 2.62. The van der Waals surface area contributed by atoms with Crippen molar-refractivity contribution in [3.8, 4) is 5.75 Å². The molecule has 0 radical (unpaired) electrons. The SMILES string of the molecule is CC(C)(NP(=O)(OC[C@H]1O[C@@H](n2c(=O)cc[nH]c2=O)[C@@]2(CCO2)[C@@H]1O)Oc1ccccc1)C(=O)O. The smallest absolute Gasteiger partial charge is 0.459 e. The molecule has 4 N–H and O–H groups in total. The van der Waals surface area contributed by atoms with Crippen molar-refractivity contribution in [2.45, 2.75) is 49.8 Å². The summed E-state index contributed by atoms with van der Waals surface area (Å²) < 4.78 is 36.8. The predicted molar refractivity (Wildman–Crippen MR) is 120 cm³/mol. The Morgan fingerprint density at radius 1 is 1.31 bits per heavy atom. The van der Waals surface area contributed by atoms with Gasteiger partial charge in [0.1, 0.15) is 29.1 Å². The second kappa shape index (κ2) is 9.34. The Bertz CT molecular complexity index is 1210. The first-order valence-corrected chi connectivity index (χ1v) is 12.3. The molecule has 0 bridgehead atoms. The first-order valence-electron chi connectivity index (χ1n) is 10.8. The second-order valence-corrected chi connectivity index (χ2v) is 10.4. The van der Waals surface area contributed by atoms with Crippen molar-refractivity contribution in [2.75, 3.05) is 13.2 Å². The van der Waals surface area contributed by atoms with Gasteiger partial charge in [0, 0.05) is 18.7 Å². The zero-order chi connectivity index (χ0) is 25.4. The number of nitrogens with zero attached hydrogens (tertiary/aromatic N) is 1. The summed E-state index contributed by atoms with van der Waals surface area (Å²) >= 11 is 0. The number of carboxylic acids is 1. The van der Waals surface area contributed by atoms with E-state index in [0.29, 0.717) is 6.42 Å². The van der Waals surface area contributed by atoms with Crippen LogP contribution in [0.4, 0.5) is 0 Å². The number of aromatic amines is 1. The maximum Gasteiger partial charge on any atom is 0.459 e. The van der Waals surface area contributed by atoms with Gasteiger partial charge in [-0.15, -0.1) is 0 Å². The molecule has 190 valence electrons. The summed E-state index contributed by atoms with van der Waals surface area (Å²) in [5, 5.41) is 22.8. The van der Waals surface area contributed by atoms with Crippen LogP contribution in [0.3, 0.4) is 0 Å². The van der Waals surface area contributed by atoms with Crippen molar-refractivity contribution in [1.29, 1.82) is 0 Å². The number of aliphatic hydroxyl groups is 1. The first kappa shape index (κ1) is 25.3. The van der Waals surface area contributed by atoms with E-state index in [1.54, 1.807) is 18.2 Å². The molecule has 35 heavy (non-hydrogen) atoms. The van der Waals surface area contributed by atoms with Crippen LogP contribution in [0.1, 0.15) is 26.5 Å². The number of rotatable bonds is 9. The zero-order valence-electron chi connectivity index (χ0n) is 18.9. The van der Waals surface area contributed by atoms with E-state index in [2.05, 4.69) is 10.1 Å². The number of H-pyrrole nitrogens is 1. The predicted octanol–water partition coefficient (Wildman–Crippen LogP) is 0.611. The van der Waals surface area contributed by atoms with Gasteiger partial charge < -0.3 is 29.2 Å². The zero-order valence-corrected chi connectivity index (χ0v) is 19.8. The molecule has 1 aromatic heterocycles. The summed E-state index contributed by atoms with van der Waals surface area (Å²) in [7, 11) is -4.34. The van der Waals surface area contributed by atoms with Crippen molar-refractivity contribution in [3.05, 3.63) is 63.4 Å². The Hall–Kier alpha value is -2.80. The van der Waals surface area contributed by atoms with Gasteiger partial charge in [0.05, 0.1) is 13.2 Å². The fourth-order valence-corrected chi connectivity index (χ4v) is 5.60. The summed E-state index contributed by atoms with van der Waals surface area (Å²) in [6.45, 7) is 2.30. The van der Waals surface area contributed by atoms with Crippen LogP contribution in [0.15, 0.2) is 52.2 Å². The van der Waals surface area contributed by atoms with E-state index in [-0.39, 0.29) is 12.4 Å². The number of para-hydroxylation sites is 1. The lowest BCUT2D eigenvalue weighted by Crippen LogP contribution is -2.59. The molecule has 2 aromatic rings. The molecule has 2 fully saturated rings. The van der Waals surface area contributed by atoms with Gasteiger partial charge >= 0.3 is 19.4 Å². The minimum atomic E-state index is -4.34. The average Bonchev–Trinajstić information content (AvgIpc) is 3.04. The van der Waals surface area contributed by atoms with Crippen LogP contribution in [0.25, 0.3) is 0 Å². The molecule has 0 amide bonds. The Kier molecular flexibility index (Phi) is 6.75. The molecular weight excluding hydrogens is 485 g/mol. The highest BCUT2D eigenvalue weighted by atomic mass is 31.2. The molecule has 5 atom stereocenters. The quantitative estimate of drug-likeness (QED) is 0.347. The molecule has 2 aliphatic heterocycles. The Labute approximate surface area is 199 Å². The Balaban J connectivity index is 1.59. The van der Waals surface area contributed by atoms with Gasteiger partial charge in [-0.1, -0.05) is 18.2 Å². The highest BCUT2D eigenvalue weighted by Crippen LogP contribution is 2.50. The molecular formula is C21H26N3O10P. The molecule has 4 rings (SSSR count). The van der Waals surface area contributed by atoms with Crippen molar-refractivity contribution in [2.24, 2.45) is 0 Å². The average molecular weight is 511 g/mol. The Morgan fingerprint density at radius 2 is 2.00 bits per heavy atom. The van der Waals surface area contributed by atoms with Crippen LogP contribution < -0.4 is 20.9 Å². The first-order chi connectivity index (χ1) is 16.5. The van der Waals surface area contributed by atoms with Gasteiger partial charge in [-0.25, -0.2) is 13.9 Å². The van der Waals surface area contributed by atoms with Crippen LogP contribution in [0.5, 0.6) is 5.75 Å². The van der Waals surface area contributed by atoms with Crippen molar-refractivity contribution in [1.82, 2.24) is 14.6 Å². The monoisotopic (exact) mass is 511 g/mol. The second-order valence-electron chi connectivity index (χ2n) is 8.76. The van der Waals surface area contributed by atoms with Gasteiger partial charge in [0.2, 0.25) is 0 Å². The van der Waals surface area contributed by atoms with Gasteiger partial charge in [0.15, 0.2) is 6.23 Å². The number of ether oxygens (including phenoxy) is 2. The molecule has 1 unspecified atom stereocenters. The van der Waals surface area contributed by atoms with Crippen molar-refractivity contribution >= 4 is 13.7 Å². The van der Waals surface area contributed by atoms with E-state index in [0.717, 1.165) is 10.6 Å². The van der Waals surface area contributed by atoms with Crippen LogP contribution in [-0.2, 0) is 23.4 Å². The van der Waals surface area contributed by atoms with E-state index < -0.39 is 61.1 Å². The van der Waals surface area contributed by atoms with Crippen LogP contribution in [0, 0.1) is 0 Å². The van der Waals surface area contributed by atoms with E-state index >= 15 is 0 Å². The number of carboxylic acid groups (broad SMARTS) is 1. The number of carbonyl (C=O) groups is 1. The Morgan fingerprint density at radius 3 is 2.57 bits per heavy atom. The normalized spacial score (nSPS) is 27.8. The fraction of sp³-hybridized carbons (Fsp3) is 0.476. The third kappa shape index (κ3) is 4.83. The van der Waals surface area contributed by atoms with Crippen LogP contribution in [-0.4, -0.2) is 62.3 Å². The minimum absolute atomic E-state index is 0.149. The molecule has 1 spiro atoms. The molecule has 0 saturated carbocycles. The highest BCUT2D eigenvalue weighted by molar-refractivity contribution is 7.52. The molecule has 13 nitrogen and oxygen atoms in total. The molecule has 3 heterocycles. The number of hydrogen-bond acceptors (Lipinski definition) is 9. The van der Waals surface area contributed by atoms with Gasteiger partial charge in [0.25, 0.3) is 5.56 Å². The molecule has 2 saturated heterocycles. The summed E-state index contributed by atoms with van der Waals surface area (Å²) in [6, 6.07) is 9.11. The van der Waals surface area contributed by atoms with E-state index in [4.69, 9.17) is 18.5 Å². The van der Waals surface area contributed by atoms with Crippen LogP contribution in [0.2, 0.25) is 0 Å². The number of hydrogen-bond donors (Lipinski definition) is 4. The topological polar surface area (TPSA) is 178 Å². The third-order valence-corrected chi connectivity index (χ3v) is 7.66. The summed E-state index contributed by atoms with van der Waals surface area (Å²) in [4.78, 5) is 38.7. The van der Waals surface area contributed by atoms with E-state index in [1.165, 1.54) is 32.2 Å². The molecule has 0 aliphatic carbocycles. The van der Waals surface area contributed by atoms with Gasteiger partial charge in [-0.3, -0.25) is 14.1 Å². The number of aliphatic carboxylic acids is 1. The lowest BCUT2D eigenvalue weighted by molar-refractivity contribution is -0.227. The number of aliphatic hydroxyl groups excluding tert-OH is 1. The minimum Gasteiger partial charge on any atom is -0.480 e. The van der Waals surface area contributed by atoms with E-state index in [1.807, 2.05) is 0 Å². The molecule has 14 heteroatoms. The van der Waals surface area contributed by atoms with Gasteiger partial charge in [-0.05, 0) is 26.0 Å². The lowest BCUT2D eigenvalue weighted by Gasteiger charge is -2.43. The van der Waals surface area contributed by atoms with Crippen LogP contribution >= 0.6 is 7.75 Å². The summed E-state index contributed by atoms with van der Waals surface area (Å²) in [6.07, 6.45) is -2.33. The summed E-state index contributed by atoms with van der Waals surface area (Å²) in [5.74, 6) is -1.16. The third-order valence-electron chi connectivity index (χ3n) is 5.89. The van der Waals surface area contributed by atoms with E-state index in [9.17, 15) is 29.2 Å². The maximum absolute atomic E-state index is 13.6. The number of nitrogens with one attached hydrogen (secondary N) is 2. The summed E-state index contributed by atoms with van der Waals surface area (Å²) in [5.41, 5.74) is -4.51. The molecule has 2 aliphatic rings. The molecule has 1 aromatic carbocycles. The van der Waals surface area contributed by atoms with Gasteiger partial charge in [-0.2, -0.15) is 5.09 Å². The number of aromatic nitrogens is 2. The maximum atomic E-state index is 13.6. The number of benzene rings is 1.